The van der Waals surface area contributed by atoms with E-state index in [1.165, 1.54) is 18.4 Å². The molecule has 0 unspecified atom stereocenters. The molecule has 1 heterocycles. The molecule has 17 heavy (non-hydrogen) atoms. The Morgan fingerprint density at radius 1 is 1.59 bits per heavy atom. The molecule has 2 heteroatoms. The van der Waals surface area contributed by atoms with Crippen molar-refractivity contribution < 1.29 is 9.84 Å². The number of ether oxygens (including phenoxy) is 1. The van der Waals surface area contributed by atoms with Crippen LogP contribution in [0.15, 0.2) is 23.3 Å². The van der Waals surface area contributed by atoms with Crippen molar-refractivity contribution in [3.05, 3.63) is 23.3 Å². The summed E-state index contributed by atoms with van der Waals surface area (Å²) < 4.78 is 5.82. The third kappa shape index (κ3) is 2.63. The summed E-state index contributed by atoms with van der Waals surface area (Å²) in [5.74, 6) is 0.566. The lowest BCUT2D eigenvalue weighted by molar-refractivity contribution is 0.173. The fourth-order valence-electron chi connectivity index (χ4n) is 2.89. The van der Waals surface area contributed by atoms with Crippen LogP contribution in [-0.2, 0) is 4.74 Å². The Labute approximate surface area is 104 Å². The molecule has 0 aromatic heterocycles. The first-order valence-corrected chi connectivity index (χ1v) is 6.60. The second-order valence-electron chi connectivity index (χ2n) is 5.98. The summed E-state index contributed by atoms with van der Waals surface area (Å²) in [5, 5.41) is 10.1. The number of aliphatic hydroxyl groups is 1. The maximum absolute atomic E-state index is 10.1. The van der Waals surface area contributed by atoms with E-state index in [1.54, 1.807) is 0 Å². The van der Waals surface area contributed by atoms with E-state index in [0.29, 0.717) is 5.92 Å². The monoisotopic (exact) mass is 236 g/mol. The summed E-state index contributed by atoms with van der Waals surface area (Å²) in [6, 6.07) is 0. The van der Waals surface area contributed by atoms with Crippen molar-refractivity contribution in [3.8, 4) is 0 Å². The van der Waals surface area contributed by atoms with Gasteiger partial charge >= 0.3 is 0 Å². The van der Waals surface area contributed by atoms with E-state index in [0.717, 1.165) is 12.0 Å². The number of aliphatic hydroxyl groups excluding tert-OH is 1. The summed E-state index contributed by atoms with van der Waals surface area (Å²) in [4.78, 5) is 0. The number of hydrogen-bond acceptors (Lipinski definition) is 2. The van der Waals surface area contributed by atoms with Gasteiger partial charge in [0.1, 0.15) is 12.2 Å². The van der Waals surface area contributed by atoms with Gasteiger partial charge in [-0.1, -0.05) is 23.3 Å². The fraction of sp³-hybridized carbons (Fsp3) is 0.733. The van der Waals surface area contributed by atoms with Crippen LogP contribution in [0.1, 0.15) is 47.0 Å². The highest BCUT2D eigenvalue weighted by Crippen LogP contribution is 2.49. The Morgan fingerprint density at radius 3 is 2.82 bits per heavy atom. The summed E-state index contributed by atoms with van der Waals surface area (Å²) in [6.07, 6.45) is 7.24. The third-order valence-corrected chi connectivity index (χ3v) is 4.15. The number of rotatable bonds is 3. The molecule has 1 fully saturated rings. The Kier molecular flexibility index (Phi) is 3.46. The SMILES string of the molecule is CC(C)=C[C@H](O)[C@@H]1O[C@@]1(C)[C@@H]1CC=C(C)CC1. The Bertz CT molecular complexity index is 352. The summed E-state index contributed by atoms with van der Waals surface area (Å²) in [5.41, 5.74) is 2.53. The van der Waals surface area contributed by atoms with Gasteiger partial charge in [-0.15, -0.1) is 0 Å². The average molecular weight is 236 g/mol. The van der Waals surface area contributed by atoms with Crippen molar-refractivity contribution >= 4 is 0 Å². The summed E-state index contributed by atoms with van der Waals surface area (Å²) >= 11 is 0. The van der Waals surface area contributed by atoms with Crippen LogP contribution in [-0.4, -0.2) is 22.9 Å². The molecule has 96 valence electrons. The van der Waals surface area contributed by atoms with E-state index in [2.05, 4.69) is 19.9 Å². The highest BCUT2D eigenvalue weighted by atomic mass is 16.6. The van der Waals surface area contributed by atoms with Crippen LogP contribution in [0.2, 0.25) is 0 Å². The van der Waals surface area contributed by atoms with Gasteiger partial charge in [-0.25, -0.2) is 0 Å². The van der Waals surface area contributed by atoms with Crippen LogP contribution in [0, 0.1) is 5.92 Å². The van der Waals surface area contributed by atoms with Gasteiger partial charge < -0.3 is 9.84 Å². The van der Waals surface area contributed by atoms with Crippen molar-refractivity contribution in [2.24, 2.45) is 5.92 Å². The van der Waals surface area contributed by atoms with Gasteiger partial charge in [-0.05, 0) is 52.9 Å². The number of epoxide rings is 1. The Balaban J connectivity index is 1.98. The number of allylic oxidation sites excluding steroid dienone is 3. The third-order valence-electron chi connectivity index (χ3n) is 4.15. The zero-order valence-electron chi connectivity index (χ0n) is 11.4. The lowest BCUT2D eigenvalue weighted by Gasteiger charge is -2.25. The predicted molar refractivity (Wildman–Crippen MR) is 69.8 cm³/mol. The van der Waals surface area contributed by atoms with Crippen LogP contribution in [0.5, 0.6) is 0 Å². The van der Waals surface area contributed by atoms with Crippen LogP contribution < -0.4 is 0 Å². The standard InChI is InChI=1S/C15H24O2/c1-10(2)9-13(16)14-15(4,17-14)12-7-5-11(3)6-8-12/h5,9,12-14,16H,6-8H2,1-4H3/t12-,13+,14+,15+/m1/s1. The molecule has 2 rings (SSSR count). The summed E-state index contributed by atoms with van der Waals surface area (Å²) in [6.45, 7) is 8.37. The normalized spacial score (nSPS) is 38.3. The van der Waals surface area contributed by atoms with Crippen LogP contribution in [0.4, 0.5) is 0 Å². The molecular formula is C15H24O2. The van der Waals surface area contributed by atoms with Gasteiger partial charge in [0.2, 0.25) is 0 Å². The van der Waals surface area contributed by atoms with Crippen LogP contribution in [0.3, 0.4) is 0 Å². The molecule has 0 amide bonds. The minimum absolute atomic E-state index is 0.00536. The highest BCUT2D eigenvalue weighted by Gasteiger charge is 2.59. The molecule has 0 radical (unpaired) electrons. The summed E-state index contributed by atoms with van der Waals surface area (Å²) in [7, 11) is 0. The molecule has 2 aliphatic rings. The maximum atomic E-state index is 10.1. The first kappa shape index (κ1) is 12.8. The largest absolute Gasteiger partial charge is 0.386 e. The molecule has 1 aliphatic carbocycles. The molecule has 0 spiro atoms. The Morgan fingerprint density at radius 2 is 2.29 bits per heavy atom. The quantitative estimate of drug-likeness (QED) is 0.603. The molecular weight excluding hydrogens is 212 g/mol. The van der Waals surface area contributed by atoms with E-state index in [4.69, 9.17) is 4.74 Å². The van der Waals surface area contributed by atoms with Crippen molar-refractivity contribution in [2.75, 3.05) is 0 Å². The molecule has 0 aromatic rings. The first-order chi connectivity index (χ1) is 7.93. The molecule has 0 saturated carbocycles. The van der Waals surface area contributed by atoms with Gasteiger partial charge in [0.15, 0.2) is 0 Å². The van der Waals surface area contributed by atoms with E-state index >= 15 is 0 Å². The molecule has 1 saturated heterocycles. The van der Waals surface area contributed by atoms with Gasteiger partial charge in [0, 0.05) is 0 Å². The van der Waals surface area contributed by atoms with Crippen LogP contribution >= 0.6 is 0 Å². The first-order valence-electron chi connectivity index (χ1n) is 6.60. The average Bonchev–Trinajstić information content (AvgIpc) is 2.92. The van der Waals surface area contributed by atoms with Gasteiger partial charge in [-0.2, -0.15) is 0 Å². The lowest BCUT2D eigenvalue weighted by atomic mass is 9.79. The lowest BCUT2D eigenvalue weighted by Crippen LogP contribution is -2.29. The van der Waals surface area contributed by atoms with Crippen molar-refractivity contribution in [1.29, 1.82) is 0 Å². The molecule has 4 atom stereocenters. The zero-order valence-corrected chi connectivity index (χ0v) is 11.4. The van der Waals surface area contributed by atoms with Gasteiger partial charge in [-0.3, -0.25) is 0 Å². The highest BCUT2D eigenvalue weighted by molar-refractivity contribution is 5.17. The maximum Gasteiger partial charge on any atom is 0.117 e. The number of hydrogen-bond donors (Lipinski definition) is 1. The van der Waals surface area contributed by atoms with Crippen molar-refractivity contribution in [1.82, 2.24) is 0 Å². The van der Waals surface area contributed by atoms with E-state index in [9.17, 15) is 5.11 Å². The van der Waals surface area contributed by atoms with Crippen molar-refractivity contribution in [2.45, 2.75) is 64.8 Å². The fourth-order valence-corrected chi connectivity index (χ4v) is 2.89. The smallest absolute Gasteiger partial charge is 0.117 e. The van der Waals surface area contributed by atoms with E-state index in [1.807, 2.05) is 19.9 Å². The second kappa shape index (κ2) is 4.58. The topological polar surface area (TPSA) is 32.8 Å². The second-order valence-corrected chi connectivity index (χ2v) is 5.98. The van der Waals surface area contributed by atoms with Gasteiger partial charge in [0.25, 0.3) is 0 Å². The minimum Gasteiger partial charge on any atom is -0.386 e. The van der Waals surface area contributed by atoms with E-state index in [-0.39, 0.29) is 11.7 Å². The molecule has 1 aliphatic heterocycles. The van der Waals surface area contributed by atoms with E-state index < -0.39 is 6.10 Å². The molecule has 0 bridgehead atoms. The van der Waals surface area contributed by atoms with Gasteiger partial charge in [0.05, 0.1) is 5.60 Å². The molecule has 0 aromatic carbocycles. The molecule has 1 N–H and O–H groups in total. The van der Waals surface area contributed by atoms with Crippen LogP contribution in [0.25, 0.3) is 0 Å². The molecule has 2 nitrogen and oxygen atoms in total. The predicted octanol–water partition coefficient (Wildman–Crippen LogP) is 3.22. The minimum atomic E-state index is -0.447. The van der Waals surface area contributed by atoms with Crippen molar-refractivity contribution in [3.63, 3.8) is 0 Å². The zero-order chi connectivity index (χ0) is 12.6. The Hall–Kier alpha value is -0.600.